The average Bonchev–Trinajstić information content (AvgIpc) is 3.18. The van der Waals surface area contributed by atoms with Gasteiger partial charge in [-0.15, -0.1) is 0 Å². The molecule has 0 amide bonds. The zero-order chi connectivity index (χ0) is 24.9. The molecule has 0 aliphatic heterocycles. The second-order valence-corrected chi connectivity index (χ2v) is 7.56. The van der Waals surface area contributed by atoms with E-state index < -0.39 is 21.2 Å². The molecule has 13 heteroatoms. The van der Waals surface area contributed by atoms with Crippen molar-refractivity contribution < 1.29 is 14.6 Å². The summed E-state index contributed by atoms with van der Waals surface area (Å²) in [6.07, 6.45) is 1.27. The lowest BCUT2D eigenvalue weighted by Gasteiger charge is -2.11. The number of nitrogens with two attached hydrogens (primary N) is 1. The summed E-state index contributed by atoms with van der Waals surface area (Å²) in [5, 5.41) is 28.6. The Morgan fingerprint density at radius 1 is 1.00 bits per heavy atom. The minimum absolute atomic E-state index is 0.0215. The third-order valence-electron chi connectivity index (χ3n) is 5.58. The summed E-state index contributed by atoms with van der Waals surface area (Å²) in [6.45, 7) is 1.73. The number of aryl methyl sites for hydroxylation is 1. The summed E-state index contributed by atoms with van der Waals surface area (Å²) in [5.41, 5.74) is 7.80. The van der Waals surface area contributed by atoms with Crippen LogP contribution < -0.4 is 10.5 Å². The number of methoxy groups -OCH3 is 1. The van der Waals surface area contributed by atoms with Crippen LogP contribution in [0.5, 0.6) is 5.75 Å². The monoisotopic (exact) mass is 472 g/mol. The number of nitro benzene ring substituents is 2. The van der Waals surface area contributed by atoms with Gasteiger partial charge in [-0.25, -0.2) is 19.6 Å². The van der Waals surface area contributed by atoms with Gasteiger partial charge in [0.15, 0.2) is 11.3 Å². The fourth-order valence-corrected chi connectivity index (χ4v) is 4.02. The number of hydrogen-bond acceptors (Lipinski definition) is 10. The molecule has 3 aromatic heterocycles. The summed E-state index contributed by atoms with van der Waals surface area (Å²) in [4.78, 5) is 34.5. The number of rotatable bonds is 5. The Bertz CT molecular complexity index is 1660. The van der Waals surface area contributed by atoms with Gasteiger partial charge in [0.2, 0.25) is 0 Å². The van der Waals surface area contributed by atoms with Gasteiger partial charge in [0.25, 0.3) is 5.69 Å². The molecule has 0 radical (unpaired) electrons. The predicted octanol–water partition coefficient (Wildman–Crippen LogP) is 3.75. The number of anilines is 1. The fourth-order valence-electron chi connectivity index (χ4n) is 4.02. The number of non-ortho nitro benzene ring substituents is 1. The van der Waals surface area contributed by atoms with E-state index in [1.54, 1.807) is 26.2 Å². The average molecular weight is 472 g/mol. The summed E-state index contributed by atoms with van der Waals surface area (Å²) in [6, 6.07) is 10.6. The van der Waals surface area contributed by atoms with Crippen LogP contribution in [0.2, 0.25) is 0 Å². The SMILES string of the molecule is COc1ccc(-c2c3c(N)ncnc3nc3c2c(C)nn3-c2ccc([N+](=O)[O-])cc2[N+](=O)[O-])cc1. The van der Waals surface area contributed by atoms with Crippen molar-refractivity contribution in [3.8, 4) is 22.6 Å². The predicted molar refractivity (Wildman–Crippen MR) is 126 cm³/mol. The minimum Gasteiger partial charge on any atom is -0.497 e. The van der Waals surface area contributed by atoms with Gasteiger partial charge < -0.3 is 10.5 Å². The quantitative estimate of drug-likeness (QED) is 0.292. The third-order valence-corrected chi connectivity index (χ3v) is 5.58. The first-order chi connectivity index (χ1) is 16.8. The molecule has 5 aromatic rings. The number of fused-ring (bicyclic) bond motifs is 2. The summed E-state index contributed by atoms with van der Waals surface area (Å²) in [5.74, 6) is 0.866. The van der Waals surface area contributed by atoms with E-state index in [2.05, 4.69) is 20.1 Å². The number of benzene rings is 2. The Labute approximate surface area is 196 Å². The van der Waals surface area contributed by atoms with Crippen molar-refractivity contribution in [2.45, 2.75) is 6.92 Å². The second-order valence-electron chi connectivity index (χ2n) is 7.56. The van der Waals surface area contributed by atoms with Gasteiger partial charge in [0.05, 0.1) is 39.5 Å². The molecule has 0 saturated heterocycles. The molecule has 2 N–H and O–H groups in total. The van der Waals surface area contributed by atoms with Crippen molar-refractivity contribution >= 4 is 39.3 Å². The number of hydrogen-bond donors (Lipinski definition) is 1. The lowest BCUT2D eigenvalue weighted by Crippen LogP contribution is -2.05. The van der Waals surface area contributed by atoms with Gasteiger partial charge in [0.1, 0.15) is 23.6 Å². The Hall–Kier alpha value is -5.20. The topological polar surface area (TPSA) is 178 Å². The molecule has 13 nitrogen and oxygen atoms in total. The second kappa shape index (κ2) is 7.98. The zero-order valence-corrected chi connectivity index (χ0v) is 18.4. The molecule has 0 spiro atoms. The summed E-state index contributed by atoms with van der Waals surface area (Å²) < 4.78 is 6.55. The van der Waals surface area contributed by atoms with E-state index in [4.69, 9.17) is 10.5 Å². The van der Waals surface area contributed by atoms with Crippen molar-refractivity contribution in [1.82, 2.24) is 24.7 Å². The van der Waals surface area contributed by atoms with Crippen molar-refractivity contribution in [3.63, 3.8) is 0 Å². The van der Waals surface area contributed by atoms with E-state index in [1.807, 2.05) is 12.1 Å². The molecule has 2 aromatic carbocycles. The maximum Gasteiger partial charge on any atom is 0.301 e. The van der Waals surface area contributed by atoms with Crippen molar-refractivity contribution in [1.29, 1.82) is 0 Å². The van der Waals surface area contributed by atoms with E-state index in [0.29, 0.717) is 27.8 Å². The van der Waals surface area contributed by atoms with E-state index in [1.165, 1.54) is 23.1 Å². The largest absolute Gasteiger partial charge is 0.497 e. The molecule has 0 saturated carbocycles. The van der Waals surface area contributed by atoms with Crippen LogP contribution in [0.15, 0.2) is 48.8 Å². The van der Waals surface area contributed by atoms with Crippen LogP contribution in [0, 0.1) is 27.2 Å². The molecule has 5 rings (SSSR count). The molecule has 3 heterocycles. The number of aromatic nitrogens is 5. The van der Waals surface area contributed by atoms with Gasteiger partial charge in [-0.05, 0) is 30.7 Å². The normalized spacial score (nSPS) is 11.1. The summed E-state index contributed by atoms with van der Waals surface area (Å²) >= 11 is 0. The molecular weight excluding hydrogens is 456 g/mol. The van der Waals surface area contributed by atoms with Crippen LogP contribution in [0.25, 0.3) is 38.9 Å². The van der Waals surface area contributed by atoms with Gasteiger partial charge in [-0.1, -0.05) is 12.1 Å². The minimum atomic E-state index is -0.698. The molecule has 35 heavy (non-hydrogen) atoms. The third kappa shape index (κ3) is 3.42. The van der Waals surface area contributed by atoms with Crippen LogP contribution in [-0.2, 0) is 0 Å². The Kier molecular flexibility index (Phi) is 4.94. The van der Waals surface area contributed by atoms with Gasteiger partial charge >= 0.3 is 5.69 Å². The first-order valence-corrected chi connectivity index (χ1v) is 10.2. The molecule has 0 bridgehead atoms. The van der Waals surface area contributed by atoms with Crippen molar-refractivity contribution in [3.05, 3.63) is 74.7 Å². The highest BCUT2D eigenvalue weighted by Gasteiger charge is 2.26. The Balaban J connectivity index is 1.90. The summed E-state index contributed by atoms with van der Waals surface area (Å²) in [7, 11) is 1.56. The van der Waals surface area contributed by atoms with Crippen LogP contribution in [-0.4, -0.2) is 41.7 Å². The molecule has 0 atom stereocenters. The number of pyridine rings is 1. The lowest BCUT2D eigenvalue weighted by atomic mass is 9.98. The molecule has 174 valence electrons. The van der Waals surface area contributed by atoms with Gasteiger partial charge in [-0.2, -0.15) is 5.10 Å². The first kappa shape index (κ1) is 21.6. The molecular formula is C22H16N8O5. The zero-order valence-electron chi connectivity index (χ0n) is 18.4. The van der Waals surface area contributed by atoms with Crippen LogP contribution >= 0.6 is 0 Å². The highest BCUT2D eigenvalue weighted by Crippen LogP contribution is 2.40. The molecule has 0 unspecified atom stereocenters. The maximum atomic E-state index is 11.8. The van der Waals surface area contributed by atoms with Crippen LogP contribution in [0.1, 0.15) is 5.69 Å². The van der Waals surface area contributed by atoms with Gasteiger partial charge in [0, 0.05) is 11.6 Å². The fraction of sp³-hybridized carbons (Fsp3) is 0.0909. The molecule has 0 aliphatic rings. The van der Waals surface area contributed by atoms with E-state index >= 15 is 0 Å². The first-order valence-electron chi connectivity index (χ1n) is 10.2. The maximum absolute atomic E-state index is 11.8. The van der Waals surface area contributed by atoms with Crippen LogP contribution in [0.4, 0.5) is 17.2 Å². The van der Waals surface area contributed by atoms with E-state index in [-0.39, 0.29) is 22.8 Å². The number of nitrogen functional groups attached to an aromatic ring is 1. The highest BCUT2D eigenvalue weighted by molar-refractivity contribution is 6.12. The lowest BCUT2D eigenvalue weighted by molar-refractivity contribution is -0.394. The number of nitrogens with zero attached hydrogens (tertiary/aromatic N) is 7. The Morgan fingerprint density at radius 3 is 2.40 bits per heavy atom. The number of ether oxygens (including phenoxy) is 1. The van der Waals surface area contributed by atoms with Crippen LogP contribution in [0.3, 0.4) is 0 Å². The molecule has 0 fully saturated rings. The van der Waals surface area contributed by atoms with Gasteiger partial charge in [-0.3, -0.25) is 20.2 Å². The van der Waals surface area contributed by atoms with Crippen molar-refractivity contribution in [2.75, 3.05) is 12.8 Å². The standard InChI is InChI=1S/C22H16N8O5/c1-11-17-18(12-3-6-14(35-2)7-4-12)19-20(23)24-10-25-21(19)26-22(17)28(27-11)15-8-5-13(29(31)32)9-16(15)30(33)34/h3-10H,1-2H3,(H2,23,24,25,26). The molecule has 0 aliphatic carbocycles. The van der Waals surface area contributed by atoms with Crippen molar-refractivity contribution in [2.24, 2.45) is 0 Å². The van der Waals surface area contributed by atoms with E-state index in [0.717, 1.165) is 11.6 Å². The van der Waals surface area contributed by atoms with E-state index in [9.17, 15) is 20.2 Å². The highest BCUT2D eigenvalue weighted by atomic mass is 16.6. The number of nitro groups is 2. The smallest absolute Gasteiger partial charge is 0.301 e. The Morgan fingerprint density at radius 2 is 1.74 bits per heavy atom.